The molecule has 7 heteroatoms. The molecule has 3 aromatic carbocycles. The van der Waals surface area contributed by atoms with Crippen LogP contribution >= 0.6 is 15.9 Å². The van der Waals surface area contributed by atoms with E-state index >= 15 is 0 Å². The second-order valence-corrected chi connectivity index (χ2v) is 7.42. The highest BCUT2D eigenvalue weighted by atomic mass is 79.9. The summed E-state index contributed by atoms with van der Waals surface area (Å²) in [6, 6.07) is 16.8. The van der Waals surface area contributed by atoms with Gasteiger partial charge in [0.15, 0.2) is 0 Å². The Morgan fingerprint density at radius 3 is 2.59 bits per heavy atom. The summed E-state index contributed by atoms with van der Waals surface area (Å²) in [4.78, 5) is 15.0. The molecule has 1 amide bonds. The van der Waals surface area contributed by atoms with Crippen molar-refractivity contribution in [3.8, 4) is 11.5 Å². The number of hydrogen-bond acceptors (Lipinski definition) is 4. The van der Waals surface area contributed by atoms with Crippen LogP contribution < -0.4 is 19.7 Å². The SMILES string of the molecule is COc1ccc(OC)c([C@@H]2Nc3ccc(Br)cc3C(=O)N2c2cccc(F)c2)c1. The predicted octanol–water partition coefficient (Wildman–Crippen LogP) is 5.38. The number of rotatable bonds is 4. The van der Waals surface area contributed by atoms with Crippen LogP contribution in [-0.4, -0.2) is 20.1 Å². The Kier molecular flexibility index (Phi) is 5.15. The van der Waals surface area contributed by atoms with Gasteiger partial charge in [0, 0.05) is 21.4 Å². The number of anilines is 2. The number of nitrogens with one attached hydrogen (secondary N) is 1. The normalized spacial score (nSPS) is 15.5. The zero-order chi connectivity index (χ0) is 20.5. The third-order valence-corrected chi connectivity index (χ3v) is 5.29. The van der Waals surface area contributed by atoms with Gasteiger partial charge in [0.1, 0.15) is 23.5 Å². The molecule has 0 bridgehead atoms. The van der Waals surface area contributed by atoms with Gasteiger partial charge in [-0.3, -0.25) is 9.69 Å². The molecule has 148 valence electrons. The zero-order valence-corrected chi connectivity index (χ0v) is 17.4. The highest BCUT2D eigenvalue weighted by molar-refractivity contribution is 9.10. The summed E-state index contributed by atoms with van der Waals surface area (Å²) in [7, 11) is 3.13. The zero-order valence-electron chi connectivity index (χ0n) is 15.8. The van der Waals surface area contributed by atoms with Gasteiger partial charge < -0.3 is 14.8 Å². The van der Waals surface area contributed by atoms with Gasteiger partial charge in [0.25, 0.3) is 5.91 Å². The number of fused-ring (bicyclic) bond motifs is 1. The highest BCUT2D eigenvalue weighted by Crippen LogP contribution is 2.41. The summed E-state index contributed by atoms with van der Waals surface area (Å²) in [5.74, 6) is 0.529. The Morgan fingerprint density at radius 2 is 1.86 bits per heavy atom. The van der Waals surface area contributed by atoms with E-state index in [1.807, 2.05) is 12.1 Å². The fourth-order valence-corrected chi connectivity index (χ4v) is 3.80. The Labute approximate surface area is 176 Å². The monoisotopic (exact) mass is 456 g/mol. The number of nitrogens with zero attached hydrogens (tertiary/aromatic N) is 1. The molecule has 0 fully saturated rings. The third-order valence-electron chi connectivity index (χ3n) is 4.80. The number of benzene rings is 3. The largest absolute Gasteiger partial charge is 0.497 e. The molecule has 0 aromatic heterocycles. The number of carbonyl (C=O) groups is 1. The maximum absolute atomic E-state index is 14.0. The van der Waals surface area contributed by atoms with Crippen molar-refractivity contribution >= 4 is 33.2 Å². The van der Waals surface area contributed by atoms with Crippen molar-refractivity contribution in [1.29, 1.82) is 0 Å². The van der Waals surface area contributed by atoms with Gasteiger partial charge in [-0.05, 0) is 54.6 Å². The first-order valence-corrected chi connectivity index (χ1v) is 9.68. The minimum atomic E-state index is -0.622. The van der Waals surface area contributed by atoms with Gasteiger partial charge in [-0.25, -0.2) is 4.39 Å². The van der Waals surface area contributed by atoms with E-state index in [2.05, 4.69) is 21.2 Å². The van der Waals surface area contributed by atoms with E-state index < -0.39 is 12.0 Å². The van der Waals surface area contributed by atoms with E-state index in [0.717, 1.165) is 4.47 Å². The predicted molar refractivity (Wildman–Crippen MR) is 113 cm³/mol. The fourth-order valence-electron chi connectivity index (χ4n) is 3.44. The molecular formula is C22H18BrFN2O3. The topological polar surface area (TPSA) is 50.8 Å². The maximum atomic E-state index is 14.0. The Morgan fingerprint density at radius 1 is 1.03 bits per heavy atom. The van der Waals surface area contributed by atoms with E-state index in [1.54, 1.807) is 50.6 Å². The van der Waals surface area contributed by atoms with Crippen LogP contribution in [0.25, 0.3) is 0 Å². The summed E-state index contributed by atoms with van der Waals surface area (Å²) < 4.78 is 25.7. The molecule has 0 aliphatic carbocycles. The lowest BCUT2D eigenvalue weighted by Gasteiger charge is -2.38. The average molecular weight is 457 g/mol. The number of methoxy groups -OCH3 is 2. The summed E-state index contributed by atoms with van der Waals surface area (Å²) in [6.07, 6.45) is -0.622. The van der Waals surface area contributed by atoms with Crippen molar-refractivity contribution in [3.05, 3.63) is 82.1 Å². The molecule has 0 saturated heterocycles. The van der Waals surface area contributed by atoms with Crippen LogP contribution in [0.1, 0.15) is 22.1 Å². The number of carbonyl (C=O) groups excluding carboxylic acids is 1. The molecule has 1 N–H and O–H groups in total. The molecule has 1 aliphatic rings. The third kappa shape index (κ3) is 3.53. The molecular weight excluding hydrogens is 439 g/mol. The Bertz CT molecular complexity index is 1090. The molecule has 0 spiro atoms. The quantitative estimate of drug-likeness (QED) is 0.572. The lowest BCUT2D eigenvalue weighted by Crippen LogP contribution is -2.43. The van der Waals surface area contributed by atoms with Crippen molar-refractivity contribution < 1.29 is 18.7 Å². The summed E-state index contributed by atoms with van der Waals surface area (Å²) in [5.41, 5.74) is 2.29. The minimum absolute atomic E-state index is 0.250. The molecule has 5 nitrogen and oxygen atoms in total. The molecule has 0 unspecified atom stereocenters. The van der Waals surface area contributed by atoms with Crippen LogP contribution in [0.15, 0.2) is 65.1 Å². The average Bonchev–Trinajstić information content (AvgIpc) is 2.73. The van der Waals surface area contributed by atoms with Crippen molar-refractivity contribution in [3.63, 3.8) is 0 Å². The highest BCUT2D eigenvalue weighted by Gasteiger charge is 2.36. The lowest BCUT2D eigenvalue weighted by molar-refractivity contribution is 0.0974. The van der Waals surface area contributed by atoms with E-state index in [0.29, 0.717) is 34.0 Å². The fraction of sp³-hybridized carbons (Fsp3) is 0.136. The number of halogens is 2. The van der Waals surface area contributed by atoms with Gasteiger partial charge in [-0.2, -0.15) is 0 Å². The standard InChI is InChI=1S/C22H18BrFN2O3/c1-28-16-7-9-20(29-2)18(12-16)21-25-19-8-6-13(23)10-17(19)22(27)26(21)15-5-3-4-14(24)11-15/h3-12,21,25H,1-2H3/t21-/m1/s1. The van der Waals surface area contributed by atoms with E-state index in [4.69, 9.17) is 9.47 Å². The molecule has 3 aromatic rings. The van der Waals surface area contributed by atoms with Gasteiger partial charge in [0.05, 0.1) is 19.8 Å². The smallest absolute Gasteiger partial charge is 0.262 e. The summed E-state index contributed by atoms with van der Waals surface area (Å²) in [6.45, 7) is 0. The van der Waals surface area contributed by atoms with Crippen LogP contribution in [0.5, 0.6) is 11.5 Å². The molecule has 0 radical (unpaired) electrons. The van der Waals surface area contributed by atoms with Gasteiger partial charge in [0.2, 0.25) is 0 Å². The van der Waals surface area contributed by atoms with Crippen LogP contribution in [0, 0.1) is 5.82 Å². The van der Waals surface area contributed by atoms with Crippen molar-refractivity contribution in [2.24, 2.45) is 0 Å². The van der Waals surface area contributed by atoms with E-state index in [1.165, 1.54) is 17.0 Å². The van der Waals surface area contributed by atoms with Crippen LogP contribution in [0.4, 0.5) is 15.8 Å². The van der Waals surface area contributed by atoms with Crippen molar-refractivity contribution in [1.82, 2.24) is 0 Å². The molecule has 1 aliphatic heterocycles. The maximum Gasteiger partial charge on any atom is 0.262 e. The van der Waals surface area contributed by atoms with E-state index in [-0.39, 0.29) is 5.91 Å². The first-order chi connectivity index (χ1) is 14.0. The van der Waals surface area contributed by atoms with Gasteiger partial charge in [-0.15, -0.1) is 0 Å². The second-order valence-electron chi connectivity index (χ2n) is 6.50. The molecule has 4 rings (SSSR count). The van der Waals surface area contributed by atoms with Crippen molar-refractivity contribution in [2.75, 3.05) is 24.4 Å². The van der Waals surface area contributed by atoms with Crippen LogP contribution in [0.2, 0.25) is 0 Å². The second kappa shape index (κ2) is 7.75. The summed E-state index contributed by atoms with van der Waals surface area (Å²) >= 11 is 3.41. The number of amides is 1. The molecule has 1 heterocycles. The number of ether oxygens (including phenoxy) is 2. The summed E-state index contributed by atoms with van der Waals surface area (Å²) in [5, 5.41) is 3.39. The molecule has 29 heavy (non-hydrogen) atoms. The van der Waals surface area contributed by atoms with Gasteiger partial charge in [-0.1, -0.05) is 22.0 Å². The van der Waals surface area contributed by atoms with Crippen molar-refractivity contribution in [2.45, 2.75) is 6.17 Å². The Balaban J connectivity index is 1.93. The number of hydrogen-bond donors (Lipinski definition) is 1. The molecule has 0 saturated carbocycles. The van der Waals surface area contributed by atoms with Gasteiger partial charge >= 0.3 is 0 Å². The minimum Gasteiger partial charge on any atom is -0.497 e. The molecule has 1 atom stereocenters. The first kappa shape index (κ1) is 19.3. The Hall–Kier alpha value is -3.06. The van der Waals surface area contributed by atoms with Crippen LogP contribution in [-0.2, 0) is 0 Å². The van der Waals surface area contributed by atoms with Crippen LogP contribution in [0.3, 0.4) is 0 Å². The van der Waals surface area contributed by atoms with E-state index in [9.17, 15) is 9.18 Å². The lowest BCUT2D eigenvalue weighted by atomic mass is 10.0. The first-order valence-electron chi connectivity index (χ1n) is 8.89.